The number of hydrogen-bond acceptors (Lipinski definition) is 5. The molecule has 0 fully saturated rings. The van der Waals surface area contributed by atoms with Crippen LogP contribution in [-0.4, -0.2) is 34.9 Å². The molecule has 0 spiro atoms. The van der Waals surface area contributed by atoms with Gasteiger partial charge in [-0.15, -0.1) is 22.7 Å². The van der Waals surface area contributed by atoms with Gasteiger partial charge in [0.2, 0.25) is 0 Å². The Bertz CT molecular complexity index is 677. The first kappa shape index (κ1) is 17.7. The number of guanidine groups is 1. The fourth-order valence-corrected chi connectivity index (χ4v) is 3.20. The Morgan fingerprint density at radius 2 is 2.04 bits per heavy atom. The number of halogens is 3. The van der Waals surface area contributed by atoms with Crippen LogP contribution in [0.3, 0.4) is 0 Å². The number of rotatable bonds is 4. The van der Waals surface area contributed by atoms with Crippen LogP contribution in [0.25, 0.3) is 0 Å². The number of alkyl halides is 3. The SMILES string of the molecule is CN=C(NCc1nc(C(F)(F)F)cs1)N(C)Cc1csc(C)n1. The van der Waals surface area contributed by atoms with Gasteiger partial charge in [-0.3, -0.25) is 4.99 Å². The summed E-state index contributed by atoms with van der Waals surface area (Å²) in [5.41, 5.74) is 0.0622. The Balaban J connectivity index is 1.93. The number of aliphatic imine (C=N–C) groups is 1. The molecule has 2 rings (SSSR count). The summed E-state index contributed by atoms with van der Waals surface area (Å²) in [6.45, 7) is 2.69. The molecule has 10 heteroatoms. The number of hydrogen-bond donors (Lipinski definition) is 1. The third-order valence-corrected chi connectivity index (χ3v) is 4.55. The van der Waals surface area contributed by atoms with Crippen LogP contribution < -0.4 is 5.32 Å². The third-order valence-electron chi connectivity index (χ3n) is 2.88. The van der Waals surface area contributed by atoms with E-state index in [-0.39, 0.29) is 6.54 Å². The highest BCUT2D eigenvalue weighted by molar-refractivity contribution is 7.09. The Labute approximate surface area is 139 Å². The second-order valence-corrected chi connectivity index (χ2v) is 6.74. The summed E-state index contributed by atoms with van der Waals surface area (Å²) >= 11 is 2.54. The summed E-state index contributed by atoms with van der Waals surface area (Å²) in [7, 11) is 3.46. The second kappa shape index (κ2) is 7.26. The molecule has 0 aliphatic heterocycles. The minimum absolute atomic E-state index is 0.188. The van der Waals surface area contributed by atoms with Crippen molar-refractivity contribution in [2.45, 2.75) is 26.2 Å². The van der Waals surface area contributed by atoms with Gasteiger partial charge in [0, 0.05) is 24.9 Å². The van der Waals surface area contributed by atoms with E-state index >= 15 is 0 Å². The zero-order chi connectivity index (χ0) is 17.0. The van der Waals surface area contributed by atoms with E-state index in [9.17, 15) is 13.2 Å². The largest absolute Gasteiger partial charge is 0.434 e. The van der Waals surface area contributed by atoms with Crippen LogP contribution in [0.5, 0.6) is 0 Å². The molecule has 23 heavy (non-hydrogen) atoms. The zero-order valence-corrected chi connectivity index (χ0v) is 14.4. The molecule has 126 valence electrons. The molecule has 2 aromatic rings. The number of nitrogens with one attached hydrogen (secondary N) is 1. The average Bonchev–Trinajstić information content (AvgIpc) is 3.08. The van der Waals surface area contributed by atoms with Crippen molar-refractivity contribution >= 4 is 28.6 Å². The maximum absolute atomic E-state index is 12.5. The first-order valence-corrected chi connectivity index (χ1v) is 8.40. The highest BCUT2D eigenvalue weighted by atomic mass is 32.1. The summed E-state index contributed by atoms with van der Waals surface area (Å²) in [4.78, 5) is 13.9. The van der Waals surface area contributed by atoms with Gasteiger partial charge < -0.3 is 10.2 Å². The normalized spacial score (nSPS) is 12.5. The molecular formula is C13H16F3N5S2. The molecule has 0 saturated heterocycles. The van der Waals surface area contributed by atoms with Crippen molar-refractivity contribution in [1.29, 1.82) is 0 Å². The van der Waals surface area contributed by atoms with Crippen molar-refractivity contribution in [2.24, 2.45) is 4.99 Å². The van der Waals surface area contributed by atoms with E-state index in [2.05, 4.69) is 20.3 Å². The summed E-state index contributed by atoms with van der Waals surface area (Å²) in [5, 5.41) is 7.34. The van der Waals surface area contributed by atoms with Crippen molar-refractivity contribution in [3.63, 3.8) is 0 Å². The van der Waals surface area contributed by atoms with Gasteiger partial charge in [-0.1, -0.05) is 0 Å². The summed E-state index contributed by atoms with van der Waals surface area (Å²) in [5.74, 6) is 0.569. The smallest absolute Gasteiger partial charge is 0.350 e. The van der Waals surface area contributed by atoms with E-state index in [0.717, 1.165) is 27.4 Å². The fourth-order valence-electron chi connectivity index (χ4n) is 1.86. The molecule has 0 saturated carbocycles. The first-order valence-electron chi connectivity index (χ1n) is 6.64. The van der Waals surface area contributed by atoms with Crippen molar-refractivity contribution in [3.05, 3.63) is 32.2 Å². The molecule has 1 N–H and O–H groups in total. The second-order valence-electron chi connectivity index (χ2n) is 4.74. The topological polar surface area (TPSA) is 53.4 Å². The Morgan fingerprint density at radius 1 is 1.30 bits per heavy atom. The zero-order valence-electron chi connectivity index (χ0n) is 12.8. The molecule has 0 aromatic carbocycles. The number of nitrogens with zero attached hydrogens (tertiary/aromatic N) is 4. The van der Waals surface area contributed by atoms with E-state index in [1.54, 1.807) is 18.4 Å². The maximum Gasteiger partial charge on any atom is 0.434 e. The van der Waals surface area contributed by atoms with Gasteiger partial charge >= 0.3 is 6.18 Å². The van der Waals surface area contributed by atoms with E-state index < -0.39 is 11.9 Å². The molecule has 0 unspecified atom stereocenters. The lowest BCUT2D eigenvalue weighted by Gasteiger charge is -2.20. The molecule has 5 nitrogen and oxygen atoms in total. The van der Waals surface area contributed by atoms with E-state index in [4.69, 9.17) is 0 Å². The van der Waals surface area contributed by atoms with Crippen LogP contribution in [0.4, 0.5) is 13.2 Å². The van der Waals surface area contributed by atoms with Crippen LogP contribution in [-0.2, 0) is 19.3 Å². The fraction of sp³-hybridized carbons (Fsp3) is 0.462. The molecular weight excluding hydrogens is 347 g/mol. The number of aromatic nitrogens is 2. The van der Waals surface area contributed by atoms with Gasteiger partial charge in [0.1, 0.15) is 5.01 Å². The molecule has 0 aliphatic carbocycles. The van der Waals surface area contributed by atoms with Gasteiger partial charge in [-0.2, -0.15) is 13.2 Å². The lowest BCUT2D eigenvalue weighted by atomic mass is 10.4. The van der Waals surface area contributed by atoms with Crippen LogP contribution in [0.2, 0.25) is 0 Å². The van der Waals surface area contributed by atoms with Gasteiger partial charge in [0.15, 0.2) is 11.7 Å². The van der Waals surface area contributed by atoms with Crippen molar-refractivity contribution in [2.75, 3.05) is 14.1 Å². The highest BCUT2D eigenvalue weighted by Crippen LogP contribution is 2.29. The molecule has 0 atom stereocenters. The summed E-state index contributed by atoms with van der Waals surface area (Å²) < 4.78 is 37.6. The third kappa shape index (κ3) is 4.90. The summed E-state index contributed by atoms with van der Waals surface area (Å²) in [6.07, 6.45) is -4.41. The van der Waals surface area contributed by atoms with E-state index in [1.807, 2.05) is 24.3 Å². The molecule has 2 heterocycles. The number of aryl methyl sites for hydroxylation is 1. The maximum atomic E-state index is 12.5. The molecule has 2 aromatic heterocycles. The first-order chi connectivity index (χ1) is 10.8. The van der Waals surface area contributed by atoms with Gasteiger partial charge in [-0.25, -0.2) is 9.97 Å². The van der Waals surface area contributed by atoms with Crippen molar-refractivity contribution in [1.82, 2.24) is 20.2 Å². The van der Waals surface area contributed by atoms with Crippen LogP contribution in [0.1, 0.15) is 21.4 Å². The molecule has 0 amide bonds. The molecule has 0 aliphatic rings. The number of thiazole rings is 2. The predicted octanol–water partition coefficient (Wildman–Crippen LogP) is 3.13. The van der Waals surface area contributed by atoms with Crippen LogP contribution in [0, 0.1) is 6.92 Å². The van der Waals surface area contributed by atoms with Crippen LogP contribution in [0.15, 0.2) is 15.8 Å². The quantitative estimate of drug-likeness (QED) is 0.670. The Kier molecular flexibility index (Phi) is 5.58. The Hall–Kier alpha value is -1.68. The van der Waals surface area contributed by atoms with Crippen molar-refractivity contribution < 1.29 is 13.2 Å². The Morgan fingerprint density at radius 3 is 2.57 bits per heavy atom. The molecule has 0 bridgehead atoms. The standard InChI is InChI=1S/C13H16F3N5S2/c1-8-19-9(6-22-8)5-21(3)12(17-2)18-4-11-20-10(7-23-11)13(14,15)16/h6-7H,4-5H2,1-3H3,(H,17,18). The van der Waals surface area contributed by atoms with Gasteiger partial charge in [-0.05, 0) is 6.92 Å². The summed E-state index contributed by atoms with van der Waals surface area (Å²) in [6, 6.07) is 0. The lowest BCUT2D eigenvalue weighted by molar-refractivity contribution is -0.140. The average molecular weight is 363 g/mol. The van der Waals surface area contributed by atoms with E-state index in [1.165, 1.54) is 0 Å². The van der Waals surface area contributed by atoms with Crippen molar-refractivity contribution in [3.8, 4) is 0 Å². The van der Waals surface area contributed by atoms with Gasteiger partial charge in [0.25, 0.3) is 0 Å². The minimum Gasteiger partial charge on any atom is -0.350 e. The van der Waals surface area contributed by atoms with Crippen LogP contribution >= 0.6 is 22.7 Å². The highest BCUT2D eigenvalue weighted by Gasteiger charge is 2.33. The minimum atomic E-state index is -4.41. The van der Waals surface area contributed by atoms with Gasteiger partial charge in [0.05, 0.1) is 23.8 Å². The monoisotopic (exact) mass is 363 g/mol. The predicted molar refractivity (Wildman–Crippen MR) is 85.6 cm³/mol. The lowest BCUT2D eigenvalue weighted by Crippen LogP contribution is -2.38. The van der Waals surface area contributed by atoms with E-state index in [0.29, 0.717) is 17.5 Å². The molecule has 0 radical (unpaired) electrons.